The first-order valence-corrected chi connectivity index (χ1v) is 23.5. The third kappa shape index (κ3) is 10.7. The first-order valence-electron chi connectivity index (χ1n) is 23.5. The number of halogens is 2. The molecule has 6 nitrogen and oxygen atoms in total. The molecule has 62 heavy (non-hydrogen) atoms. The van der Waals surface area contributed by atoms with Gasteiger partial charge >= 0.3 is 0 Å². The first-order chi connectivity index (χ1) is 29.6. The molecule has 0 spiro atoms. The van der Waals surface area contributed by atoms with Crippen LogP contribution in [-0.2, 0) is 0 Å². The summed E-state index contributed by atoms with van der Waals surface area (Å²) in [5, 5.41) is 2.59. The van der Waals surface area contributed by atoms with Gasteiger partial charge in [0.1, 0.15) is 0 Å². The molecule has 2 aromatic heterocycles. The van der Waals surface area contributed by atoms with Crippen molar-refractivity contribution in [3.63, 3.8) is 0 Å². The van der Waals surface area contributed by atoms with E-state index in [1.165, 1.54) is 150 Å². The molecule has 0 N–H and O–H groups in total. The van der Waals surface area contributed by atoms with Crippen molar-refractivity contribution in [3.8, 4) is 22.5 Å². The van der Waals surface area contributed by atoms with Gasteiger partial charge in [0, 0.05) is 72.2 Å². The normalized spacial score (nSPS) is 19.8. The topological polar surface area (TPSA) is 38.7 Å². The summed E-state index contributed by atoms with van der Waals surface area (Å²) < 4.78 is 0. The summed E-state index contributed by atoms with van der Waals surface area (Å²) in [6, 6.07) is 45.5. The van der Waals surface area contributed by atoms with Gasteiger partial charge in [0.2, 0.25) is 0 Å². The molecule has 8 heteroatoms. The second kappa shape index (κ2) is 22.2. The lowest BCUT2D eigenvalue weighted by Crippen LogP contribution is -2.47. The average molecular weight is 872 g/mol. The Bertz CT molecular complexity index is 2120. The fraction of sp³-hybridized carbons (Fsp3) is 0.444. The van der Waals surface area contributed by atoms with E-state index in [1.807, 2.05) is 0 Å². The van der Waals surface area contributed by atoms with E-state index in [2.05, 4.69) is 155 Å². The summed E-state index contributed by atoms with van der Waals surface area (Å²) in [4.78, 5) is 20.9. The van der Waals surface area contributed by atoms with E-state index in [0.717, 1.165) is 34.5 Å². The minimum Gasteiger partial charge on any atom is -0.300 e. The summed E-state index contributed by atoms with van der Waals surface area (Å²) in [6.07, 6.45) is 13.6. The predicted molar refractivity (Wildman–Crippen MR) is 266 cm³/mol. The maximum Gasteiger partial charge on any atom is 0.0713 e. The Balaban J connectivity index is 0.000000181. The van der Waals surface area contributed by atoms with Crippen molar-refractivity contribution in [2.75, 3.05) is 52.4 Å². The number of likely N-dealkylation sites (tertiary alicyclic amines) is 4. The van der Waals surface area contributed by atoms with Crippen LogP contribution < -0.4 is 0 Å². The molecular formula is C54H68Cl2N6. The highest BCUT2D eigenvalue weighted by molar-refractivity contribution is 5.87. The number of para-hydroxylation sites is 2. The van der Waals surface area contributed by atoms with Crippen LogP contribution in [0.5, 0.6) is 0 Å². The van der Waals surface area contributed by atoms with Gasteiger partial charge in [0.25, 0.3) is 0 Å². The van der Waals surface area contributed by atoms with E-state index in [0.29, 0.717) is 12.1 Å². The van der Waals surface area contributed by atoms with Crippen LogP contribution in [0.15, 0.2) is 121 Å². The van der Waals surface area contributed by atoms with Crippen molar-refractivity contribution in [1.82, 2.24) is 29.6 Å². The first kappa shape index (κ1) is 46.1. The Labute approximate surface area is 383 Å². The Morgan fingerprint density at radius 2 is 0.758 bits per heavy atom. The molecule has 6 aromatic rings. The largest absolute Gasteiger partial charge is 0.300 e. The van der Waals surface area contributed by atoms with Gasteiger partial charge in [-0.1, -0.05) is 110 Å². The van der Waals surface area contributed by atoms with Crippen molar-refractivity contribution in [3.05, 3.63) is 132 Å². The van der Waals surface area contributed by atoms with Gasteiger partial charge in [-0.25, -0.2) is 9.97 Å². The predicted octanol–water partition coefficient (Wildman–Crippen LogP) is 12.7. The Hall–Kier alpha value is -3.88. The van der Waals surface area contributed by atoms with Gasteiger partial charge in [0.05, 0.1) is 22.4 Å². The zero-order valence-electron chi connectivity index (χ0n) is 37.1. The lowest BCUT2D eigenvalue weighted by molar-refractivity contribution is 0.0761. The fourth-order valence-corrected chi connectivity index (χ4v) is 10.8. The van der Waals surface area contributed by atoms with Crippen molar-refractivity contribution < 1.29 is 0 Å². The molecule has 4 aliphatic rings. The third-order valence-corrected chi connectivity index (χ3v) is 14.4. The van der Waals surface area contributed by atoms with Gasteiger partial charge in [-0.3, -0.25) is 9.80 Å². The Morgan fingerprint density at radius 3 is 1.13 bits per heavy atom. The molecule has 4 saturated heterocycles. The quantitative estimate of drug-likeness (QED) is 0.152. The molecule has 0 bridgehead atoms. The fourth-order valence-electron chi connectivity index (χ4n) is 10.8. The number of aromatic nitrogens is 2. The molecule has 4 fully saturated rings. The van der Waals surface area contributed by atoms with Gasteiger partial charge in [0.15, 0.2) is 0 Å². The molecule has 4 aliphatic heterocycles. The number of pyridine rings is 2. The average Bonchev–Trinajstić information content (AvgIpc) is 3.34. The Kier molecular flexibility index (Phi) is 16.5. The second-order valence-corrected chi connectivity index (χ2v) is 18.0. The molecule has 328 valence electrons. The van der Waals surface area contributed by atoms with E-state index >= 15 is 0 Å². The van der Waals surface area contributed by atoms with E-state index in [-0.39, 0.29) is 24.8 Å². The number of nitrogens with zero attached hydrogens (tertiary/aromatic N) is 6. The molecule has 0 aliphatic carbocycles. The SMILES string of the molecule is CC(c1cc(-c2ccccc2)nc2ccccc12)N1CCC(N2CCCCC2)CC1.CC(c1cc(-c2ccccc2)nc2ccccc12)N1CCC(N2CCCCC2)CC1.Cl.Cl. The van der Waals surface area contributed by atoms with Crippen LogP contribution in [0.1, 0.15) is 101 Å². The minimum absolute atomic E-state index is 0. The maximum absolute atomic E-state index is 4.98. The van der Waals surface area contributed by atoms with Crippen LogP contribution in [0.4, 0.5) is 0 Å². The third-order valence-electron chi connectivity index (χ3n) is 14.4. The molecule has 4 aromatic carbocycles. The van der Waals surface area contributed by atoms with E-state index in [9.17, 15) is 0 Å². The molecule has 0 saturated carbocycles. The van der Waals surface area contributed by atoms with Crippen molar-refractivity contribution in [2.24, 2.45) is 0 Å². The summed E-state index contributed by atoms with van der Waals surface area (Å²) in [6.45, 7) is 14.8. The van der Waals surface area contributed by atoms with Gasteiger partial charge in [-0.05, 0) is 127 Å². The van der Waals surface area contributed by atoms with E-state index in [1.54, 1.807) is 0 Å². The van der Waals surface area contributed by atoms with Crippen LogP contribution in [0.25, 0.3) is 44.3 Å². The lowest BCUT2D eigenvalue weighted by atomic mass is 9.95. The zero-order valence-corrected chi connectivity index (χ0v) is 38.7. The smallest absolute Gasteiger partial charge is 0.0713 e. The Morgan fingerprint density at radius 1 is 0.419 bits per heavy atom. The summed E-state index contributed by atoms with van der Waals surface area (Å²) in [7, 11) is 0. The highest BCUT2D eigenvalue weighted by Crippen LogP contribution is 2.36. The number of rotatable bonds is 8. The maximum atomic E-state index is 4.98. The molecule has 2 unspecified atom stereocenters. The van der Waals surface area contributed by atoms with Gasteiger partial charge in [-0.15, -0.1) is 24.8 Å². The number of benzene rings is 4. The van der Waals surface area contributed by atoms with Crippen LogP contribution in [0, 0.1) is 0 Å². The van der Waals surface area contributed by atoms with Crippen LogP contribution >= 0.6 is 24.8 Å². The standard InChI is InChI=1S/2C27H33N3.2ClH/c2*1-21(29-18-14-23(15-19-29)30-16-8-3-9-17-30)25-20-27(22-10-4-2-5-11-22)28-26-13-7-6-12-24(25)26;;/h2*2,4-7,10-13,20-21,23H,3,8-9,14-19H2,1H3;2*1H. The highest BCUT2D eigenvalue weighted by Gasteiger charge is 2.30. The monoisotopic (exact) mass is 870 g/mol. The van der Waals surface area contributed by atoms with Crippen LogP contribution in [0.3, 0.4) is 0 Å². The van der Waals surface area contributed by atoms with Crippen molar-refractivity contribution >= 4 is 46.6 Å². The van der Waals surface area contributed by atoms with Crippen molar-refractivity contribution in [2.45, 2.75) is 102 Å². The highest BCUT2D eigenvalue weighted by atomic mass is 35.5. The van der Waals surface area contributed by atoms with Gasteiger partial charge < -0.3 is 9.80 Å². The van der Waals surface area contributed by atoms with Crippen LogP contribution in [-0.4, -0.2) is 94.0 Å². The number of fused-ring (bicyclic) bond motifs is 2. The molecule has 0 radical (unpaired) electrons. The molecule has 2 atom stereocenters. The van der Waals surface area contributed by atoms with Gasteiger partial charge in [-0.2, -0.15) is 0 Å². The number of hydrogen-bond acceptors (Lipinski definition) is 6. The molecule has 10 rings (SSSR count). The minimum atomic E-state index is 0. The van der Waals surface area contributed by atoms with E-state index < -0.39 is 0 Å². The molecule has 0 amide bonds. The molecule has 6 heterocycles. The lowest BCUT2D eigenvalue weighted by Gasteiger charge is -2.42. The number of piperidine rings is 4. The van der Waals surface area contributed by atoms with Crippen LogP contribution in [0.2, 0.25) is 0 Å². The molecular weight excluding hydrogens is 804 g/mol. The summed E-state index contributed by atoms with van der Waals surface area (Å²) in [5.41, 5.74) is 9.58. The zero-order chi connectivity index (χ0) is 40.7. The van der Waals surface area contributed by atoms with E-state index in [4.69, 9.17) is 9.97 Å². The number of hydrogen-bond donors (Lipinski definition) is 0. The summed E-state index contributed by atoms with van der Waals surface area (Å²) >= 11 is 0. The van der Waals surface area contributed by atoms with Crippen molar-refractivity contribution in [1.29, 1.82) is 0 Å². The summed E-state index contributed by atoms with van der Waals surface area (Å²) in [5.74, 6) is 0. The second-order valence-electron chi connectivity index (χ2n) is 18.0.